The number of halogens is 1. The van der Waals surface area contributed by atoms with E-state index in [1.165, 1.54) is 7.11 Å². The average molecular weight is 555 g/mol. The lowest BCUT2D eigenvalue weighted by atomic mass is 9.83. The number of carbonyl (C=O) groups is 2. The van der Waals surface area contributed by atoms with Crippen molar-refractivity contribution in [2.24, 2.45) is 0 Å². The average Bonchev–Trinajstić information content (AvgIpc) is 3.24. The van der Waals surface area contributed by atoms with E-state index in [4.69, 9.17) is 9.72 Å². The lowest BCUT2D eigenvalue weighted by Gasteiger charge is -2.41. The van der Waals surface area contributed by atoms with Crippen LogP contribution in [0.25, 0.3) is 11.3 Å². The number of H-pyrrole nitrogens is 1. The fraction of sp³-hybridized carbons (Fsp3) is 0.370. The predicted octanol–water partition coefficient (Wildman–Crippen LogP) is 6.87. The number of likely N-dealkylation sites (tertiary alicyclic amines) is 1. The standard InChI is InChI=1S/C27H31BrN4O4/c1-27(2,3)36-26(34)32-16-8-11-20(17-9-6-5-7-10-17)22(32)24-30-21(23(28)31-24)18-12-14-19(15-13-18)29-25(33)35-4/h5-7,9-10,12-15,20,22H,8,11,16H2,1-4H3,(H,29,33)(H,30,31). The van der Waals surface area contributed by atoms with Gasteiger partial charge in [-0.1, -0.05) is 42.5 Å². The van der Waals surface area contributed by atoms with Crippen LogP contribution in [0.2, 0.25) is 0 Å². The summed E-state index contributed by atoms with van der Waals surface area (Å²) in [6.07, 6.45) is 0.923. The molecule has 0 spiro atoms. The van der Waals surface area contributed by atoms with E-state index >= 15 is 0 Å². The Balaban J connectivity index is 1.70. The highest BCUT2D eigenvalue weighted by molar-refractivity contribution is 9.10. The van der Waals surface area contributed by atoms with Gasteiger partial charge >= 0.3 is 12.2 Å². The number of hydrogen-bond acceptors (Lipinski definition) is 5. The number of anilines is 1. The van der Waals surface area contributed by atoms with Crippen molar-refractivity contribution in [2.45, 2.75) is 51.2 Å². The third kappa shape index (κ3) is 5.90. The summed E-state index contributed by atoms with van der Waals surface area (Å²) < 4.78 is 11.1. The fourth-order valence-electron chi connectivity index (χ4n) is 4.49. The van der Waals surface area contributed by atoms with Gasteiger partial charge in [0.15, 0.2) is 0 Å². The third-order valence-electron chi connectivity index (χ3n) is 6.04. The molecule has 0 saturated carbocycles. The Morgan fingerprint density at radius 3 is 2.44 bits per heavy atom. The van der Waals surface area contributed by atoms with Gasteiger partial charge in [0.25, 0.3) is 0 Å². The van der Waals surface area contributed by atoms with E-state index in [-0.39, 0.29) is 18.1 Å². The molecule has 1 aromatic heterocycles. The molecule has 36 heavy (non-hydrogen) atoms. The monoisotopic (exact) mass is 554 g/mol. The molecule has 2 heterocycles. The van der Waals surface area contributed by atoms with Gasteiger partial charge < -0.3 is 14.5 Å². The number of aromatic amines is 1. The van der Waals surface area contributed by atoms with Crippen molar-refractivity contribution in [3.63, 3.8) is 0 Å². The summed E-state index contributed by atoms with van der Waals surface area (Å²) in [4.78, 5) is 34.9. The summed E-state index contributed by atoms with van der Waals surface area (Å²) in [6, 6.07) is 17.2. The first kappa shape index (κ1) is 25.8. The topological polar surface area (TPSA) is 96.6 Å². The minimum atomic E-state index is -0.601. The van der Waals surface area contributed by atoms with Crippen molar-refractivity contribution in [3.05, 3.63) is 70.6 Å². The Hall–Kier alpha value is -3.33. The van der Waals surface area contributed by atoms with Crippen LogP contribution in [0.1, 0.15) is 57.0 Å². The number of piperidine rings is 1. The Bertz CT molecular complexity index is 1200. The number of amides is 2. The summed E-state index contributed by atoms with van der Waals surface area (Å²) in [7, 11) is 1.32. The summed E-state index contributed by atoms with van der Waals surface area (Å²) in [5.41, 5.74) is 2.75. The zero-order chi connectivity index (χ0) is 25.9. The molecule has 4 rings (SSSR count). The van der Waals surface area contributed by atoms with Gasteiger partial charge in [-0.15, -0.1) is 0 Å². The van der Waals surface area contributed by atoms with Crippen LogP contribution in [0.3, 0.4) is 0 Å². The lowest BCUT2D eigenvalue weighted by Crippen LogP contribution is -2.45. The maximum atomic E-state index is 13.3. The van der Waals surface area contributed by atoms with Crippen molar-refractivity contribution < 1.29 is 19.1 Å². The van der Waals surface area contributed by atoms with E-state index in [9.17, 15) is 9.59 Å². The molecule has 2 atom stereocenters. The normalized spacial score (nSPS) is 18.0. The highest BCUT2D eigenvalue weighted by Gasteiger charge is 2.40. The molecule has 190 valence electrons. The largest absolute Gasteiger partial charge is 0.453 e. The minimum absolute atomic E-state index is 0.0602. The van der Waals surface area contributed by atoms with Crippen LogP contribution in [0.4, 0.5) is 15.3 Å². The second kappa shape index (κ2) is 10.7. The van der Waals surface area contributed by atoms with Crippen LogP contribution in [0.15, 0.2) is 59.2 Å². The number of aromatic nitrogens is 2. The first-order valence-electron chi connectivity index (χ1n) is 11.9. The molecule has 1 aliphatic heterocycles. The number of nitrogens with one attached hydrogen (secondary N) is 2. The molecule has 1 fully saturated rings. The van der Waals surface area contributed by atoms with Gasteiger partial charge in [0.05, 0.1) is 13.2 Å². The van der Waals surface area contributed by atoms with E-state index < -0.39 is 11.7 Å². The number of carbonyl (C=O) groups excluding carboxylic acids is 2. The van der Waals surface area contributed by atoms with Crippen molar-refractivity contribution in [2.75, 3.05) is 19.0 Å². The highest BCUT2D eigenvalue weighted by Crippen LogP contribution is 2.43. The van der Waals surface area contributed by atoms with Gasteiger partial charge in [-0.2, -0.15) is 0 Å². The molecule has 0 radical (unpaired) electrons. The second-order valence-electron chi connectivity index (χ2n) is 9.76. The van der Waals surface area contributed by atoms with Crippen molar-refractivity contribution >= 4 is 33.8 Å². The quantitative estimate of drug-likeness (QED) is 0.366. The molecule has 2 unspecified atom stereocenters. The SMILES string of the molecule is COC(=O)Nc1ccc(-c2nc(C3C(c4ccccc4)CCCN3C(=O)OC(C)(C)C)[nH]c2Br)cc1. The van der Waals surface area contributed by atoms with Gasteiger partial charge in [-0.05, 0) is 67.2 Å². The lowest BCUT2D eigenvalue weighted by molar-refractivity contribution is 0.00486. The zero-order valence-electron chi connectivity index (χ0n) is 20.9. The number of nitrogens with zero attached hydrogens (tertiary/aromatic N) is 2. The van der Waals surface area contributed by atoms with Crippen LogP contribution in [0, 0.1) is 0 Å². The molecule has 0 bridgehead atoms. The molecule has 8 nitrogen and oxygen atoms in total. The molecular formula is C27H31BrN4O4. The van der Waals surface area contributed by atoms with Gasteiger partial charge in [0.1, 0.15) is 21.7 Å². The highest BCUT2D eigenvalue weighted by atomic mass is 79.9. The van der Waals surface area contributed by atoms with Gasteiger partial charge in [0, 0.05) is 23.7 Å². The van der Waals surface area contributed by atoms with E-state index in [2.05, 4.69) is 43.1 Å². The first-order valence-corrected chi connectivity index (χ1v) is 12.7. The molecule has 3 aromatic rings. The van der Waals surface area contributed by atoms with E-state index in [1.54, 1.807) is 17.0 Å². The summed E-state index contributed by atoms with van der Waals surface area (Å²) >= 11 is 3.63. The molecule has 0 aliphatic carbocycles. The molecular weight excluding hydrogens is 524 g/mol. The number of imidazole rings is 1. The van der Waals surface area contributed by atoms with E-state index in [0.717, 1.165) is 29.7 Å². The van der Waals surface area contributed by atoms with Gasteiger partial charge in [-0.3, -0.25) is 10.2 Å². The van der Waals surface area contributed by atoms with E-state index in [1.807, 2.05) is 51.1 Å². The summed E-state index contributed by atoms with van der Waals surface area (Å²) in [5, 5.41) is 2.64. The Kier molecular flexibility index (Phi) is 7.68. The van der Waals surface area contributed by atoms with Crippen LogP contribution in [-0.2, 0) is 9.47 Å². The molecule has 1 aliphatic rings. The zero-order valence-corrected chi connectivity index (χ0v) is 22.5. The van der Waals surface area contributed by atoms with Gasteiger partial charge in [-0.25, -0.2) is 14.6 Å². The van der Waals surface area contributed by atoms with Crippen LogP contribution >= 0.6 is 15.9 Å². The second-order valence-corrected chi connectivity index (χ2v) is 10.5. The number of methoxy groups -OCH3 is 1. The number of benzene rings is 2. The third-order valence-corrected chi connectivity index (χ3v) is 6.61. The molecule has 1 saturated heterocycles. The maximum Gasteiger partial charge on any atom is 0.411 e. The van der Waals surface area contributed by atoms with Crippen molar-refractivity contribution in [3.8, 4) is 11.3 Å². The summed E-state index contributed by atoms with van der Waals surface area (Å²) in [5.74, 6) is 0.748. The van der Waals surface area contributed by atoms with Crippen molar-refractivity contribution in [1.82, 2.24) is 14.9 Å². The molecule has 2 N–H and O–H groups in total. The molecule has 9 heteroatoms. The minimum Gasteiger partial charge on any atom is -0.453 e. The van der Waals surface area contributed by atoms with Crippen molar-refractivity contribution in [1.29, 1.82) is 0 Å². The fourth-order valence-corrected chi connectivity index (χ4v) is 5.01. The Morgan fingerprint density at radius 2 is 1.81 bits per heavy atom. The van der Waals surface area contributed by atoms with Crippen LogP contribution in [0.5, 0.6) is 0 Å². The number of ether oxygens (including phenoxy) is 2. The smallest absolute Gasteiger partial charge is 0.411 e. The van der Waals surface area contributed by atoms with E-state index in [0.29, 0.717) is 22.7 Å². The Labute approximate surface area is 219 Å². The predicted molar refractivity (Wildman–Crippen MR) is 142 cm³/mol. The van der Waals surface area contributed by atoms with Crippen LogP contribution in [-0.4, -0.2) is 46.3 Å². The van der Waals surface area contributed by atoms with Crippen LogP contribution < -0.4 is 5.32 Å². The number of hydrogen-bond donors (Lipinski definition) is 2. The molecule has 2 aromatic carbocycles. The van der Waals surface area contributed by atoms with Gasteiger partial charge in [0.2, 0.25) is 0 Å². The maximum absolute atomic E-state index is 13.3. The first-order chi connectivity index (χ1) is 17.2. The Morgan fingerprint density at radius 1 is 1.11 bits per heavy atom. The molecule has 2 amide bonds. The number of rotatable bonds is 4. The summed E-state index contributed by atoms with van der Waals surface area (Å²) in [6.45, 7) is 6.21.